The molecule has 0 aliphatic carbocycles. The molecule has 1 aliphatic heterocycles. The fourth-order valence-corrected chi connectivity index (χ4v) is 3.42. The Balaban J connectivity index is 1.98. The normalized spacial score (nSPS) is 18.8. The number of benzene rings is 2. The van der Waals surface area contributed by atoms with Gasteiger partial charge in [-0.3, -0.25) is 10.2 Å². The molecule has 1 aliphatic rings. The molecular formula is C19H16BrClN2O3. The summed E-state index contributed by atoms with van der Waals surface area (Å²) in [5.41, 5.74) is 4.30. The van der Waals surface area contributed by atoms with Crippen LogP contribution >= 0.6 is 27.5 Å². The van der Waals surface area contributed by atoms with E-state index in [9.17, 15) is 9.59 Å². The van der Waals surface area contributed by atoms with Crippen molar-refractivity contribution >= 4 is 45.0 Å². The first-order chi connectivity index (χ1) is 12.5. The highest BCUT2D eigenvalue weighted by molar-refractivity contribution is 9.10. The van der Waals surface area contributed by atoms with Gasteiger partial charge < -0.3 is 4.74 Å². The van der Waals surface area contributed by atoms with Crippen LogP contribution in [-0.2, 0) is 9.53 Å². The van der Waals surface area contributed by atoms with Crippen LogP contribution in [0.15, 0.2) is 58.1 Å². The van der Waals surface area contributed by atoms with Gasteiger partial charge >= 0.3 is 5.97 Å². The second-order valence-corrected chi connectivity index (χ2v) is 7.08. The van der Waals surface area contributed by atoms with Gasteiger partial charge in [0.05, 0.1) is 12.5 Å². The zero-order chi connectivity index (χ0) is 18.7. The molecule has 1 N–H and O–H groups in total. The Hall–Kier alpha value is -2.18. The number of hydrogen-bond acceptors (Lipinski definition) is 5. The van der Waals surface area contributed by atoms with Crippen LogP contribution in [-0.4, -0.2) is 30.1 Å². The van der Waals surface area contributed by atoms with E-state index >= 15 is 0 Å². The molecule has 0 radical (unpaired) electrons. The van der Waals surface area contributed by atoms with Gasteiger partial charge in [-0.05, 0) is 48.9 Å². The molecule has 1 heterocycles. The summed E-state index contributed by atoms with van der Waals surface area (Å²) in [5.74, 6) is -1.25. The minimum absolute atomic E-state index is 0.172. The van der Waals surface area contributed by atoms with Crippen molar-refractivity contribution in [2.24, 2.45) is 5.10 Å². The first kappa shape index (κ1) is 18.6. The van der Waals surface area contributed by atoms with Crippen molar-refractivity contribution in [2.75, 3.05) is 6.61 Å². The molecule has 2 aromatic rings. The number of esters is 1. The van der Waals surface area contributed by atoms with Crippen LogP contribution in [0.3, 0.4) is 0 Å². The number of hydrogen-bond donors (Lipinski definition) is 1. The Morgan fingerprint density at radius 2 is 1.96 bits per heavy atom. The van der Waals surface area contributed by atoms with Gasteiger partial charge in [0.25, 0.3) is 0 Å². The van der Waals surface area contributed by atoms with Crippen molar-refractivity contribution in [3.63, 3.8) is 0 Å². The summed E-state index contributed by atoms with van der Waals surface area (Å²) < 4.78 is 5.96. The largest absolute Gasteiger partial charge is 0.461 e. The van der Waals surface area contributed by atoms with Crippen molar-refractivity contribution in [2.45, 2.75) is 18.9 Å². The van der Waals surface area contributed by atoms with Gasteiger partial charge in [0.1, 0.15) is 6.04 Å². The molecule has 2 aromatic carbocycles. The number of halogens is 2. The highest BCUT2D eigenvalue weighted by atomic mass is 79.9. The van der Waals surface area contributed by atoms with Crippen molar-refractivity contribution < 1.29 is 14.3 Å². The molecule has 0 saturated heterocycles. The predicted octanol–water partition coefficient (Wildman–Crippen LogP) is 3.96. The molecule has 0 unspecified atom stereocenters. The standard InChI is InChI=1S/C19H16BrClN2O3/c1-2-26-19(25)17-15(12-4-3-5-13(20)10-12)16(22-23-17)18(24)11-6-8-14(21)9-7-11/h3-10,15-16,22H,2H2,1H3/t15-,16-/m0/s1. The van der Waals surface area contributed by atoms with Gasteiger partial charge in [-0.1, -0.05) is 39.7 Å². The molecule has 5 nitrogen and oxygen atoms in total. The molecule has 0 spiro atoms. The number of ether oxygens (including phenoxy) is 1. The number of Topliss-reactive ketones (excluding diaryl/α,β-unsaturated/α-hetero) is 1. The van der Waals surface area contributed by atoms with Gasteiger partial charge in [-0.2, -0.15) is 5.10 Å². The van der Waals surface area contributed by atoms with E-state index in [4.69, 9.17) is 16.3 Å². The van der Waals surface area contributed by atoms with E-state index in [1.807, 2.05) is 24.3 Å². The van der Waals surface area contributed by atoms with E-state index in [1.165, 1.54) is 0 Å². The van der Waals surface area contributed by atoms with Gasteiger partial charge in [0.15, 0.2) is 11.5 Å². The average Bonchev–Trinajstić information content (AvgIpc) is 3.07. The number of nitrogens with zero attached hydrogens (tertiary/aromatic N) is 1. The molecule has 7 heteroatoms. The lowest BCUT2D eigenvalue weighted by atomic mass is 9.84. The van der Waals surface area contributed by atoms with Gasteiger partial charge in [0.2, 0.25) is 0 Å². The fraction of sp³-hybridized carbons (Fsp3) is 0.211. The van der Waals surface area contributed by atoms with E-state index in [-0.39, 0.29) is 18.1 Å². The molecule has 0 amide bonds. The molecular weight excluding hydrogens is 420 g/mol. The average molecular weight is 436 g/mol. The Labute approximate surface area is 164 Å². The number of carbonyl (C=O) groups excluding carboxylic acids is 2. The number of hydrazone groups is 1. The summed E-state index contributed by atoms with van der Waals surface area (Å²) in [6, 6.07) is 13.4. The Morgan fingerprint density at radius 1 is 1.23 bits per heavy atom. The third kappa shape index (κ3) is 3.81. The van der Waals surface area contributed by atoms with E-state index in [0.717, 1.165) is 10.0 Å². The van der Waals surface area contributed by atoms with Crippen LogP contribution in [0.1, 0.15) is 28.8 Å². The van der Waals surface area contributed by atoms with Crippen molar-refractivity contribution in [1.82, 2.24) is 5.43 Å². The monoisotopic (exact) mass is 434 g/mol. The van der Waals surface area contributed by atoms with Crippen LogP contribution in [0.2, 0.25) is 5.02 Å². The van der Waals surface area contributed by atoms with E-state index in [0.29, 0.717) is 10.6 Å². The van der Waals surface area contributed by atoms with Crippen LogP contribution in [0, 0.1) is 0 Å². The smallest absolute Gasteiger partial charge is 0.355 e. The minimum atomic E-state index is -0.704. The highest BCUT2D eigenvalue weighted by Gasteiger charge is 2.41. The maximum absolute atomic E-state index is 13.0. The van der Waals surface area contributed by atoms with Crippen LogP contribution < -0.4 is 5.43 Å². The first-order valence-corrected chi connectivity index (χ1v) is 9.24. The summed E-state index contributed by atoms with van der Waals surface area (Å²) in [4.78, 5) is 25.3. The predicted molar refractivity (Wildman–Crippen MR) is 104 cm³/mol. The van der Waals surface area contributed by atoms with Crippen LogP contribution in [0.5, 0.6) is 0 Å². The topological polar surface area (TPSA) is 67.8 Å². The number of rotatable bonds is 5. The van der Waals surface area contributed by atoms with Crippen LogP contribution in [0.25, 0.3) is 0 Å². The summed E-state index contributed by atoms with van der Waals surface area (Å²) in [7, 11) is 0. The lowest BCUT2D eigenvalue weighted by Crippen LogP contribution is -2.37. The molecule has 26 heavy (non-hydrogen) atoms. The quantitative estimate of drug-likeness (QED) is 0.570. The van der Waals surface area contributed by atoms with Gasteiger partial charge in [-0.15, -0.1) is 0 Å². The maximum atomic E-state index is 13.0. The molecule has 0 bridgehead atoms. The third-order valence-electron chi connectivity index (χ3n) is 4.06. The lowest BCUT2D eigenvalue weighted by Gasteiger charge is -2.20. The Morgan fingerprint density at radius 3 is 2.62 bits per heavy atom. The van der Waals surface area contributed by atoms with E-state index < -0.39 is 17.9 Å². The SMILES string of the molecule is CCOC(=O)C1=NN[C@H](C(=O)c2ccc(Cl)cc2)[C@@H]1c1cccc(Br)c1. The zero-order valence-corrected chi connectivity index (χ0v) is 16.3. The number of carbonyl (C=O) groups is 2. The molecule has 0 aromatic heterocycles. The Kier molecular flexibility index (Phi) is 5.74. The highest BCUT2D eigenvalue weighted by Crippen LogP contribution is 2.30. The summed E-state index contributed by atoms with van der Waals surface area (Å²) >= 11 is 9.33. The van der Waals surface area contributed by atoms with Gasteiger partial charge in [-0.25, -0.2) is 4.79 Å². The molecule has 3 rings (SSSR count). The van der Waals surface area contributed by atoms with Crippen molar-refractivity contribution in [3.05, 3.63) is 69.2 Å². The second kappa shape index (κ2) is 8.01. The maximum Gasteiger partial charge on any atom is 0.355 e. The fourth-order valence-electron chi connectivity index (χ4n) is 2.87. The number of nitrogens with one attached hydrogen (secondary N) is 1. The zero-order valence-electron chi connectivity index (χ0n) is 13.9. The van der Waals surface area contributed by atoms with Crippen molar-refractivity contribution in [1.29, 1.82) is 0 Å². The Bertz CT molecular complexity index is 867. The lowest BCUT2D eigenvalue weighted by molar-refractivity contribution is -0.135. The molecule has 0 saturated carbocycles. The second-order valence-electron chi connectivity index (χ2n) is 5.73. The molecule has 2 atom stereocenters. The number of ketones is 1. The summed E-state index contributed by atoms with van der Waals surface area (Å²) in [5, 5.41) is 4.67. The summed E-state index contributed by atoms with van der Waals surface area (Å²) in [6.07, 6.45) is 0. The molecule has 0 fully saturated rings. The van der Waals surface area contributed by atoms with Gasteiger partial charge in [0, 0.05) is 15.1 Å². The minimum Gasteiger partial charge on any atom is -0.461 e. The summed E-state index contributed by atoms with van der Waals surface area (Å²) in [6.45, 7) is 1.96. The first-order valence-electron chi connectivity index (χ1n) is 8.06. The van der Waals surface area contributed by atoms with E-state index in [1.54, 1.807) is 31.2 Å². The van der Waals surface area contributed by atoms with E-state index in [2.05, 4.69) is 26.5 Å². The molecule has 134 valence electrons. The third-order valence-corrected chi connectivity index (χ3v) is 4.80. The van der Waals surface area contributed by atoms with Crippen molar-refractivity contribution in [3.8, 4) is 0 Å². The van der Waals surface area contributed by atoms with Crippen LogP contribution in [0.4, 0.5) is 0 Å².